The molecular weight excluding hydrogens is 178 g/mol. The largest absolute Gasteiger partial charge is 0.383 e. The zero-order valence-corrected chi connectivity index (χ0v) is 8.77. The third kappa shape index (κ3) is 1.82. The Morgan fingerprint density at radius 1 is 1.43 bits per heavy atom. The Morgan fingerprint density at radius 3 is 2.71 bits per heavy atom. The Morgan fingerprint density at radius 2 is 2.21 bits per heavy atom. The minimum absolute atomic E-state index is 0.130. The van der Waals surface area contributed by atoms with Gasteiger partial charge in [0, 0.05) is 20.3 Å². The van der Waals surface area contributed by atoms with E-state index in [4.69, 9.17) is 4.74 Å². The van der Waals surface area contributed by atoms with E-state index >= 15 is 0 Å². The molecule has 0 aromatic rings. The van der Waals surface area contributed by atoms with Crippen LogP contribution < -0.4 is 0 Å². The number of carbonyl (C=O) groups is 1. The van der Waals surface area contributed by atoms with Gasteiger partial charge in [0.05, 0.1) is 18.1 Å². The van der Waals surface area contributed by atoms with Crippen LogP contribution in [0.3, 0.4) is 0 Å². The van der Waals surface area contributed by atoms with Crippen molar-refractivity contribution < 1.29 is 9.53 Å². The highest BCUT2D eigenvalue weighted by Gasteiger charge is 2.43. The van der Waals surface area contributed by atoms with Crippen LogP contribution in [-0.4, -0.2) is 37.0 Å². The molecule has 3 unspecified atom stereocenters. The van der Waals surface area contributed by atoms with Crippen molar-refractivity contribution in [3.63, 3.8) is 0 Å². The van der Waals surface area contributed by atoms with Crippen molar-refractivity contribution in [3.8, 4) is 0 Å². The van der Waals surface area contributed by atoms with Crippen LogP contribution in [0.15, 0.2) is 12.3 Å². The van der Waals surface area contributed by atoms with Gasteiger partial charge in [0.15, 0.2) is 5.78 Å². The van der Waals surface area contributed by atoms with E-state index in [1.807, 2.05) is 25.2 Å². The van der Waals surface area contributed by atoms with Crippen molar-refractivity contribution in [1.29, 1.82) is 0 Å². The molecule has 78 valence electrons. The molecule has 3 nitrogen and oxygen atoms in total. The third-order valence-corrected chi connectivity index (χ3v) is 3.01. The van der Waals surface area contributed by atoms with Gasteiger partial charge < -0.3 is 9.64 Å². The van der Waals surface area contributed by atoms with Crippen LogP contribution in [0.25, 0.3) is 0 Å². The van der Waals surface area contributed by atoms with E-state index in [-0.39, 0.29) is 17.8 Å². The molecule has 2 rings (SSSR count). The number of carbonyl (C=O) groups excluding carboxylic acids is 1. The molecule has 0 aromatic heterocycles. The smallest absolute Gasteiger partial charge is 0.162 e. The molecule has 0 saturated carbocycles. The standard InChI is InChI=1S/C11H17NO2/c1-12(2)6-5-10(13)9-7-8-3-4-11(9)14-8/h5-6,8-9,11H,3-4,7H2,1-2H3/b6-5+. The average molecular weight is 195 g/mol. The van der Waals surface area contributed by atoms with Gasteiger partial charge in [-0.05, 0) is 25.3 Å². The van der Waals surface area contributed by atoms with Crippen LogP contribution in [0.5, 0.6) is 0 Å². The summed E-state index contributed by atoms with van der Waals surface area (Å²) in [6.07, 6.45) is 7.20. The van der Waals surface area contributed by atoms with Crippen molar-refractivity contribution in [1.82, 2.24) is 4.90 Å². The quantitative estimate of drug-likeness (QED) is 0.634. The van der Waals surface area contributed by atoms with E-state index in [1.54, 1.807) is 6.08 Å². The second-order valence-corrected chi connectivity index (χ2v) is 4.40. The van der Waals surface area contributed by atoms with Gasteiger partial charge in [-0.3, -0.25) is 4.79 Å². The molecular formula is C11H17NO2. The monoisotopic (exact) mass is 195 g/mol. The maximum absolute atomic E-state index is 11.7. The first-order valence-corrected chi connectivity index (χ1v) is 5.21. The summed E-state index contributed by atoms with van der Waals surface area (Å²) < 4.78 is 5.64. The number of hydrogen-bond donors (Lipinski definition) is 0. The zero-order valence-electron chi connectivity index (χ0n) is 8.77. The lowest BCUT2D eigenvalue weighted by molar-refractivity contribution is -0.119. The minimum Gasteiger partial charge on any atom is -0.383 e. The number of nitrogens with zero attached hydrogens (tertiary/aromatic N) is 1. The fourth-order valence-electron chi connectivity index (χ4n) is 2.28. The van der Waals surface area contributed by atoms with Gasteiger partial charge in [-0.15, -0.1) is 0 Å². The molecule has 2 heterocycles. The van der Waals surface area contributed by atoms with Crippen molar-refractivity contribution in [2.24, 2.45) is 5.92 Å². The molecule has 0 aliphatic carbocycles. The highest BCUT2D eigenvalue weighted by Crippen LogP contribution is 2.39. The minimum atomic E-state index is 0.130. The summed E-state index contributed by atoms with van der Waals surface area (Å²) in [5, 5.41) is 0. The number of fused-ring (bicyclic) bond motifs is 2. The molecule has 2 saturated heterocycles. The van der Waals surface area contributed by atoms with Gasteiger partial charge >= 0.3 is 0 Å². The highest BCUT2D eigenvalue weighted by molar-refractivity contribution is 5.92. The molecule has 0 radical (unpaired) electrons. The Labute approximate surface area is 84.7 Å². The fourth-order valence-corrected chi connectivity index (χ4v) is 2.28. The van der Waals surface area contributed by atoms with Gasteiger partial charge in [0.2, 0.25) is 0 Å². The van der Waals surface area contributed by atoms with Crippen LogP contribution in [0.1, 0.15) is 19.3 Å². The van der Waals surface area contributed by atoms with Crippen LogP contribution in [0.4, 0.5) is 0 Å². The molecule has 2 aliphatic heterocycles. The second kappa shape index (κ2) is 3.73. The molecule has 2 aliphatic rings. The maximum atomic E-state index is 11.7. The molecule has 3 atom stereocenters. The predicted octanol–water partition coefficient (Wildman–Crippen LogP) is 1.20. The molecule has 3 heteroatoms. The molecule has 14 heavy (non-hydrogen) atoms. The molecule has 0 aromatic carbocycles. The highest BCUT2D eigenvalue weighted by atomic mass is 16.5. The normalized spacial score (nSPS) is 35.4. The molecule has 0 amide bonds. The maximum Gasteiger partial charge on any atom is 0.162 e. The SMILES string of the molecule is CN(C)/C=C/C(=O)C1CC2CCC1O2. The summed E-state index contributed by atoms with van der Waals surface area (Å²) in [6.45, 7) is 0. The first-order valence-electron chi connectivity index (χ1n) is 5.21. The van der Waals surface area contributed by atoms with E-state index < -0.39 is 0 Å². The third-order valence-electron chi connectivity index (χ3n) is 3.01. The average Bonchev–Trinajstić information content (AvgIpc) is 2.74. The summed E-state index contributed by atoms with van der Waals surface area (Å²) in [7, 11) is 3.84. The van der Waals surface area contributed by atoms with Crippen LogP contribution in [0, 0.1) is 5.92 Å². The van der Waals surface area contributed by atoms with Gasteiger partial charge in [0.25, 0.3) is 0 Å². The number of hydrogen-bond acceptors (Lipinski definition) is 3. The number of ketones is 1. The van der Waals surface area contributed by atoms with Crippen molar-refractivity contribution in [2.75, 3.05) is 14.1 Å². The molecule has 2 fully saturated rings. The van der Waals surface area contributed by atoms with Crippen molar-refractivity contribution >= 4 is 5.78 Å². The Kier molecular flexibility index (Phi) is 2.59. The summed E-state index contributed by atoms with van der Waals surface area (Å²) in [5.74, 6) is 0.357. The van der Waals surface area contributed by atoms with Gasteiger partial charge in [-0.1, -0.05) is 0 Å². The Hall–Kier alpha value is -0.830. The Balaban J connectivity index is 1.93. The lowest BCUT2D eigenvalue weighted by Crippen LogP contribution is -2.24. The molecule has 2 bridgehead atoms. The topological polar surface area (TPSA) is 29.5 Å². The lowest BCUT2D eigenvalue weighted by Gasteiger charge is -2.15. The summed E-state index contributed by atoms with van der Waals surface area (Å²) in [4.78, 5) is 13.6. The van der Waals surface area contributed by atoms with Crippen LogP contribution >= 0.6 is 0 Å². The van der Waals surface area contributed by atoms with Crippen molar-refractivity contribution in [2.45, 2.75) is 31.5 Å². The van der Waals surface area contributed by atoms with E-state index in [0.717, 1.165) is 19.3 Å². The molecule has 0 spiro atoms. The number of rotatable bonds is 3. The van der Waals surface area contributed by atoms with E-state index in [1.165, 1.54) is 0 Å². The molecule has 0 N–H and O–H groups in total. The van der Waals surface area contributed by atoms with Gasteiger partial charge in [-0.2, -0.15) is 0 Å². The summed E-state index contributed by atoms with van der Waals surface area (Å²) >= 11 is 0. The zero-order chi connectivity index (χ0) is 10.1. The van der Waals surface area contributed by atoms with Gasteiger partial charge in [-0.25, -0.2) is 0 Å². The van der Waals surface area contributed by atoms with E-state index in [2.05, 4.69) is 0 Å². The first-order chi connectivity index (χ1) is 6.66. The van der Waals surface area contributed by atoms with Crippen molar-refractivity contribution in [3.05, 3.63) is 12.3 Å². The fraction of sp³-hybridized carbons (Fsp3) is 0.727. The van der Waals surface area contributed by atoms with E-state index in [0.29, 0.717) is 6.10 Å². The predicted molar refractivity (Wildman–Crippen MR) is 53.8 cm³/mol. The Bertz CT molecular complexity index is 260. The lowest BCUT2D eigenvalue weighted by atomic mass is 9.86. The van der Waals surface area contributed by atoms with E-state index in [9.17, 15) is 4.79 Å². The summed E-state index contributed by atoms with van der Waals surface area (Å²) in [6, 6.07) is 0. The number of allylic oxidation sites excluding steroid dienone is 1. The van der Waals surface area contributed by atoms with Gasteiger partial charge in [0.1, 0.15) is 0 Å². The second-order valence-electron chi connectivity index (χ2n) is 4.40. The summed E-state index contributed by atoms with van der Waals surface area (Å²) in [5.41, 5.74) is 0. The van der Waals surface area contributed by atoms with Crippen LogP contribution in [0.2, 0.25) is 0 Å². The van der Waals surface area contributed by atoms with Crippen LogP contribution in [-0.2, 0) is 9.53 Å². The first kappa shape index (κ1) is 9.71. The number of ether oxygens (including phenoxy) is 1.